The van der Waals surface area contributed by atoms with Crippen molar-refractivity contribution in [3.8, 4) is 0 Å². The lowest BCUT2D eigenvalue weighted by molar-refractivity contribution is -0.163. The van der Waals surface area contributed by atoms with Gasteiger partial charge in [-0.1, -0.05) is 6.92 Å². The third-order valence-electron chi connectivity index (χ3n) is 6.61. The second-order valence-electron chi connectivity index (χ2n) is 8.28. The number of aliphatic hydroxyl groups excluding tert-OH is 1. The normalized spacial score (nSPS) is 36.1. The zero-order valence-corrected chi connectivity index (χ0v) is 16.7. The smallest absolute Gasteiger partial charge is 0.353 e. The van der Waals surface area contributed by atoms with Gasteiger partial charge in [0.05, 0.1) is 18.1 Å². The highest BCUT2D eigenvalue weighted by Gasteiger charge is 2.60. The van der Waals surface area contributed by atoms with E-state index in [-0.39, 0.29) is 23.6 Å². The van der Waals surface area contributed by atoms with Crippen LogP contribution in [0.3, 0.4) is 0 Å². The van der Waals surface area contributed by atoms with Crippen molar-refractivity contribution >= 4 is 23.6 Å². The molecule has 4 heterocycles. The molecule has 1 unspecified atom stereocenters. The van der Waals surface area contributed by atoms with E-state index in [1.165, 1.54) is 17.7 Å². The first-order valence-corrected chi connectivity index (χ1v) is 10.9. The van der Waals surface area contributed by atoms with Crippen LogP contribution in [0.25, 0.3) is 0 Å². The minimum atomic E-state index is -1.03. The molecule has 150 valence electrons. The number of rotatable bonds is 5. The molecule has 3 fully saturated rings. The molecule has 4 aliphatic heterocycles. The quantitative estimate of drug-likeness (QED) is 0.590. The molecule has 3 N–H and O–H groups in total. The predicted octanol–water partition coefficient (Wildman–Crippen LogP) is 0.700. The molecule has 1 amide bonds. The number of thioether (sulfide) groups is 1. The summed E-state index contributed by atoms with van der Waals surface area (Å²) in [4.78, 5) is 29.1. The van der Waals surface area contributed by atoms with Crippen molar-refractivity contribution in [1.29, 1.82) is 0 Å². The second-order valence-corrected chi connectivity index (χ2v) is 9.62. The Balaban J connectivity index is 1.48. The summed E-state index contributed by atoms with van der Waals surface area (Å²) < 4.78 is 0. The van der Waals surface area contributed by atoms with Gasteiger partial charge in [-0.3, -0.25) is 9.69 Å². The van der Waals surface area contributed by atoms with Crippen LogP contribution in [0, 0.1) is 11.8 Å². The van der Waals surface area contributed by atoms with Gasteiger partial charge in [-0.15, -0.1) is 11.8 Å². The summed E-state index contributed by atoms with van der Waals surface area (Å²) in [5.41, 5.74) is 0.153. The minimum Gasteiger partial charge on any atom is -0.477 e. The molecular formula is C19H29N3O4S. The number of amides is 1. The number of β-lactam (4-membered cyclic amide) rings is 1. The first kappa shape index (κ1) is 19.2. The molecular weight excluding hydrogens is 366 g/mol. The number of hydrogen-bond acceptors (Lipinski definition) is 6. The van der Waals surface area contributed by atoms with Crippen molar-refractivity contribution in [3.05, 3.63) is 10.6 Å². The lowest BCUT2D eigenvalue weighted by Crippen LogP contribution is -2.63. The fourth-order valence-electron chi connectivity index (χ4n) is 5.21. The summed E-state index contributed by atoms with van der Waals surface area (Å²) in [6.07, 6.45) is 2.66. The van der Waals surface area contributed by atoms with Gasteiger partial charge >= 0.3 is 5.97 Å². The highest BCUT2D eigenvalue weighted by atomic mass is 32.2. The fourth-order valence-corrected chi connectivity index (χ4v) is 6.71. The standard InChI is InChI=1S/C19H29N3O4S/c1-10-15-14(11(2)23)18(24)22(15)16(19(25)26)17(10)27-13-5-8-21(9-13)12-3-6-20-7-4-12/h10-15,20,23H,3-9H2,1-2H3,(H,25,26)/t10-,11-,13?,14-,15-/m1/s1. The van der Waals surface area contributed by atoms with E-state index in [0.29, 0.717) is 11.3 Å². The Hall–Kier alpha value is -1.09. The van der Waals surface area contributed by atoms with E-state index in [0.717, 1.165) is 37.5 Å². The van der Waals surface area contributed by atoms with Gasteiger partial charge in [0.1, 0.15) is 5.70 Å². The highest BCUT2D eigenvalue weighted by molar-refractivity contribution is 8.03. The van der Waals surface area contributed by atoms with Gasteiger partial charge in [0, 0.05) is 28.7 Å². The van der Waals surface area contributed by atoms with E-state index >= 15 is 0 Å². The van der Waals surface area contributed by atoms with Crippen molar-refractivity contribution in [2.24, 2.45) is 11.8 Å². The maximum absolute atomic E-state index is 12.4. The Kier molecular flexibility index (Phi) is 5.26. The van der Waals surface area contributed by atoms with Crippen LogP contribution < -0.4 is 5.32 Å². The van der Waals surface area contributed by atoms with Crippen LogP contribution in [-0.2, 0) is 9.59 Å². The summed E-state index contributed by atoms with van der Waals surface area (Å²) in [6, 6.07) is 0.417. The Bertz CT molecular complexity index is 661. The molecule has 4 rings (SSSR count). The van der Waals surface area contributed by atoms with Gasteiger partial charge < -0.3 is 20.4 Å². The third-order valence-corrected chi connectivity index (χ3v) is 8.14. The molecule has 7 nitrogen and oxygen atoms in total. The molecule has 0 bridgehead atoms. The van der Waals surface area contributed by atoms with Gasteiger partial charge in [-0.25, -0.2) is 4.79 Å². The maximum Gasteiger partial charge on any atom is 0.353 e. The number of carboxylic acids is 1. The number of nitrogens with one attached hydrogen (secondary N) is 1. The highest BCUT2D eigenvalue weighted by Crippen LogP contribution is 2.52. The van der Waals surface area contributed by atoms with Crippen LogP contribution in [0.15, 0.2) is 10.6 Å². The molecule has 0 radical (unpaired) electrons. The molecule has 0 aromatic carbocycles. The van der Waals surface area contributed by atoms with Gasteiger partial charge in [-0.2, -0.15) is 0 Å². The molecule has 0 aromatic heterocycles. The minimum absolute atomic E-state index is 0.0358. The topological polar surface area (TPSA) is 93.1 Å². The van der Waals surface area contributed by atoms with Gasteiger partial charge in [-0.05, 0) is 45.8 Å². The van der Waals surface area contributed by atoms with Crippen molar-refractivity contribution in [2.75, 3.05) is 26.2 Å². The summed E-state index contributed by atoms with van der Waals surface area (Å²) in [5.74, 6) is -1.80. The van der Waals surface area contributed by atoms with E-state index in [2.05, 4.69) is 10.2 Å². The van der Waals surface area contributed by atoms with Gasteiger partial charge in [0.2, 0.25) is 5.91 Å². The molecule has 27 heavy (non-hydrogen) atoms. The molecule has 0 aromatic rings. The number of likely N-dealkylation sites (tertiary alicyclic amines) is 1. The molecule has 5 atom stereocenters. The maximum atomic E-state index is 12.4. The molecule has 0 spiro atoms. The fraction of sp³-hybridized carbons (Fsp3) is 0.789. The number of nitrogens with zero attached hydrogens (tertiary/aromatic N) is 2. The van der Waals surface area contributed by atoms with Crippen LogP contribution in [0.4, 0.5) is 0 Å². The van der Waals surface area contributed by atoms with Gasteiger partial charge in [0.15, 0.2) is 0 Å². The first-order chi connectivity index (χ1) is 12.9. The van der Waals surface area contributed by atoms with E-state index < -0.39 is 18.0 Å². The number of aliphatic carboxylic acids is 1. The van der Waals surface area contributed by atoms with Crippen LogP contribution in [-0.4, -0.2) is 81.5 Å². The van der Waals surface area contributed by atoms with Crippen LogP contribution in [0.1, 0.15) is 33.1 Å². The Morgan fingerprint density at radius 3 is 2.63 bits per heavy atom. The van der Waals surface area contributed by atoms with E-state index in [9.17, 15) is 19.8 Å². The Labute approximate surface area is 164 Å². The van der Waals surface area contributed by atoms with Crippen LogP contribution >= 0.6 is 11.8 Å². The SMILES string of the molecule is C[C@@H](O)[C@H]1C(=O)N2C(C(=O)O)=C(SC3CCN(C4CCNCC4)C3)[C@H](C)[C@H]12. The third kappa shape index (κ3) is 3.20. The lowest BCUT2D eigenvalue weighted by atomic mass is 9.79. The van der Waals surface area contributed by atoms with Crippen molar-refractivity contribution in [2.45, 2.75) is 56.5 Å². The van der Waals surface area contributed by atoms with Gasteiger partial charge in [0.25, 0.3) is 0 Å². The van der Waals surface area contributed by atoms with Crippen molar-refractivity contribution in [3.63, 3.8) is 0 Å². The average molecular weight is 396 g/mol. The first-order valence-electron chi connectivity index (χ1n) is 10.00. The monoisotopic (exact) mass is 395 g/mol. The van der Waals surface area contributed by atoms with Crippen molar-refractivity contribution < 1.29 is 19.8 Å². The summed E-state index contributed by atoms with van der Waals surface area (Å²) >= 11 is 1.66. The number of carbonyl (C=O) groups is 2. The molecule has 0 saturated carbocycles. The number of hydrogen-bond donors (Lipinski definition) is 3. The molecule has 0 aliphatic carbocycles. The number of fused-ring (bicyclic) bond motifs is 1. The lowest BCUT2D eigenvalue weighted by Gasteiger charge is -2.46. The number of carboxylic acid groups (broad SMARTS) is 1. The summed E-state index contributed by atoms with van der Waals surface area (Å²) in [7, 11) is 0. The number of aliphatic hydroxyl groups is 1. The average Bonchev–Trinajstić information content (AvgIpc) is 3.18. The Morgan fingerprint density at radius 2 is 2.00 bits per heavy atom. The predicted molar refractivity (Wildman–Crippen MR) is 103 cm³/mol. The Morgan fingerprint density at radius 1 is 1.30 bits per heavy atom. The largest absolute Gasteiger partial charge is 0.477 e. The van der Waals surface area contributed by atoms with E-state index in [1.54, 1.807) is 18.7 Å². The molecule has 4 aliphatic rings. The van der Waals surface area contributed by atoms with E-state index in [4.69, 9.17) is 0 Å². The summed E-state index contributed by atoms with van der Waals surface area (Å²) in [5, 5.41) is 23.5. The van der Waals surface area contributed by atoms with Crippen LogP contribution in [0.2, 0.25) is 0 Å². The zero-order valence-electron chi connectivity index (χ0n) is 15.9. The van der Waals surface area contributed by atoms with Crippen molar-refractivity contribution in [1.82, 2.24) is 15.1 Å². The van der Waals surface area contributed by atoms with Crippen LogP contribution in [0.5, 0.6) is 0 Å². The number of piperidine rings is 1. The van der Waals surface area contributed by atoms with E-state index in [1.807, 2.05) is 6.92 Å². The molecule has 8 heteroatoms. The number of carbonyl (C=O) groups excluding carboxylic acids is 1. The zero-order chi connectivity index (χ0) is 19.3. The molecule has 3 saturated heterocycles. The summed E-state index contributed by atoms with van der Waals surface area (Å²) in [6.45, 7) is 7.81. The second kappa shape index (κ2) is 7.39.